The van der Waals surface area contributed by atoms with Crippen LogP contribution in [0.25, 0.3) is 0 Å². The fourth-order valence-corrected chi connectivity index (χ4v) is 2.74. The number of aromatic nitrogens is 2. The highest BCUT2D eigenvalue weighted by Crippen LogP contribution is 2.34. The number of fused-ring (bicyclic) bond motifs is 1. The summed E-state index contributed by atoms with van der Waals surface area (Å²) in [6.45, 7) is 3.91. The Bertz CT molecular complexity index is 527. The molecule has 2 heterocycles. The van der Waals surface area contributed by atoms with Crippen molar-refractivity contribution in [3.63, 3.8) is 0 Å². The number of ether oxygens (including phenoxy) is 1. The number of nitrogens with zero attached hydrogens (tertiary/aromatic N) is 2. The normalized spacial score (nSPS) is 22.4. The van der Waals surface area contributed by atoms with E-state index in [-0.39, 0.29) is 28.6 Å². The van der Waals surface area contributed by atoms with Gasteiger partial charge in [-0.25, -0.2) is 9.78 Å². The monoisotopic (exact) mass is 314 g/mol. The van der Waals surface area contributed by atoms with E-state index in [9.17, 15) is 9.59 Å². The van der Waals surface area contributed by atoms with Crippen LogP contribution in [0.4, 0.5) is 0 Å². The number of carbonyl (C=O) groups is 1. The summed E-state index contributed by atoms with van der Waals surface area (Å²) in [6, 6.07) is 0.0585. The minimum atomic E-state index is -0.603. The lowest BCUT2D eigenvalue weighted by Crippen LogP contribution is -2.35. The van der Waals surface area contributed by atoms with E-state index in [2.05, 4.69) is 20.9 Å². The highest BCUT2D eigenvalue weighted by molar-refractivity contribution is 9.09. The number of carbonyl (C=O) groups excluding carboxylic acids is 1. The van der Waals surface area contributed by atoms with E-state index < -0.39 is 5.97 Å². The number of halogens is 1. The Morgan fingerprint density at radius 1 is 1.61 bits per heavy atom. The molecule has 0 spiro atoms. The Balaban J connectivity index is 2.52. The van der Waals surface area contributed by atoms with E-state index in [1.807, 2.05) is 6.92 Å². The van der Waals surface area contributed by atoms with Crippen LogP contribution in [-0.2, 0) is 4.74 Å². The molecule has 0 radical (unpaired) electrons. The van der Waals surface area contributed by atoms with Crippen molar-refractivity contribution in [2.45, 2.75) is 37.6 Å². The zero-order valence-electron chi connectivity index (χ0n) is 10.4. The van der Waals surface area contributed by atoms with Gasteiger partial charge in [0.25, 0.3) is 5.56 Å². The third-order valence-electron chi connectivity index (χ3n) is 3.08. The maximum Gasteiger partial charge on any atom is 0.345 e. The van der Waals surface area contributed by atoms with Crippen LogP contribution in [0.1, 0.15) is 53.7 Å². The molecule has 0 aliphatic carbocycles. The third kappa shape index (κ3) is 2.21. The Morgan fingerprint density at radius 2 is 2.33 bits per heavy atom. The zero-order valence-corrected chi connectivity index (χ0v) is 11.9. The van der Waals surface area contributed by atoms with E-state index in [4.69, 9.17) is 4.74 Å². The molecule has 5 nitrogen and oxygen atoms in total. The molecular formula is C12H15BrN2O3. The molecule has 0 N–H and O–H groups in total. The summed E-state index contributed by atoms with van der Waals surface area (Å²) in [4.78, 5) is 28.2. The second kappa shape index (κ2) is 5.22. The molecule has 0 fully saturated rings. The van der Waals surface area contributed by atoms with Crippen molar-refractivity contribution < 1.29 is 9.53 Å². The smallest absolute Gasteiger partial charge is 0.345 e. The highest BCUT2D eigenvalue weighted by Gasteiger charge is 2.27. The number of rotatable bonds is 2. The summed E-state index contributed by atoms with van der Waals surface area (Å²) in [7, 11) is 0. The van der Waals surface area contributed by atoms with Crippen LogP contribution in [-0.4, -0.2) is 22.1 Å². The van der Waals surface area contributed by atoms with Gasteiger partial charge in [0.1, 0.15) is 11.4 Å². The summed E-state index contributed by atoms with van der Waals surface area (Å²) in [6.07, 6.45) is 3.14. The van der Waals surface area contributed by atoms with Crippen molar-refractivity contribution >= 4 is 21.9 Å². The van der Waals surface area contributed by atoms with Crippen molar-refractivity contribution in [1.29, 1.82) is 0 Å². The molecule has 2 unspecified atom stereocenters. The molecule has 1 aliphatic rings. The third-order valence-corrected chi connectivity index (χ3v) is 3.94. The second-order valence-electron chi connectivity index (χ2n) is 4.32. The molecule has 98 valence electrons. The molecular weight excluding hydrogens is 300 g/mol. The van der Waals surface area contributed by atoms with Crippen LogP contribution >= 0.6 is 15.9 Å². The zero-order chi connectivity index (χ0) is 13.3. The minimum Gasteiger partial charge on any atom is -0.462 e. The predicted molar refractivity (Wildman–Crippen MR) is 70.1 cm³/mol. The average molecular weight is 315 g/mol. The molecule has 0 bridgehead atoms. The van der Waals surface area contributed by atoms with Crippen LogP contribution in [0.5, 0.6) is 0 Å². The van der Waals surface area contributed by atoms with Crippen LogP contribution < -0.4 is 5.56 Å². The number of alkyl halides is 1. The lowest BCUT2D eigenvalue weighted by Gasteiger charge is -2.27. The number of esters is 1. The van der Waals surface area contributed by atoms with Crippen molar-refractivity contribution in [2.24, 2.45) is 0 Å². The van der Waals surface area contributed by atoms with Gasteiger partial charge < -0.3 is 4.74 Å². The van der Waals surface area contributed by atoms with Gasteiger partial charge in [0.05, 0.1) is 11.4 Å². The molecule has 2 rings (SSSR count). The minimum absolute atomic E-state index is 0.00838. The van der Waals surface area contributed by atoms with E-state index in [1.54, 1.807) is 11.5 Å². The van der Waals surface area contributed by atoms with E-state index in [0.717, 1.165) is 12.8 Å². The van der Waals surface area contributed by atoms with Crippen LogP contribution in [0, 0.1) is 0 Å². The van der Waals surface area contributed by atoms with Crippen molar-refractivity contribution in [1.82, 2.24) is 9.55 Å². The Hall–Kier alpha value is -1.17. The van der Waals surface area contributed by atoms with Gasteiger partial charge in [-0.15, -0.1) is 0 Å². The van der Waals surface area contributed by atoms with Crippen molar-refractivity contribution in [3.8, 4) is 0 Å². The standard InChI is InChI=1S/C12H15BrN2O3/c1-3-18-12(17)8-6-14-10-9(13)5-4-7(2)15(10)11(8)16/h6-7,9H,3-5H2,1-2H3. The van der Waals surface area contributed by atoms with E-state index in [0.29, 0.717) is 5.82 Å². The summed E-state index contributed by atoms with van der Waals surface area (Å²) >= 11 is 3.50. The van der Waals surface area contributed by atoms with Gasteiger partial charge in [-0.1, -0.05) is 15.9 Å². The molecule has 0 aromatic carbocycles. The maximum atomic E-state index is 12.3. The van der Waals surface area contributed by atoms with Gasteiger partial charge in [0, 0.05) is 12.2 Å². The predicted octanol–water partition coefficient (Wildman–Crippen LogP) is 2.21. The van der Waals surface area contributed by atoms with Crippen molar-refractivity contribution in [2.75, 3.05) is 6.61 Å². The fourth-order valence-electron chi connectivity index (χ4n) is 2.13. The van der Waals surface area contributed by atoms with Crippen LogP contribution in [0.2, 0.25) is 0 Å². The fraction of sp³-hybridized carbons (Fsp3) is 0.583. The lowest BCUT2D eigenvalue weighted by molar-refractivity contribution is 0.0522. The number of hydrogen-bond acceptors (Lipinski definition) is 4. The molecule has 0 saturated carbocycles. The maximum absolute atomic E-state index is 12.3. The molecule has 0 saturated heterocycles. The number of hydrogen-bond donors (Lipinski definition) is 0. The van der Waals surface area contributed by atoms with Gasteiger partial charge in [-0.05, 0) is 26.7 Å². The Morgan fingerprint density at radius 3 is 3.00 bits per heavy atom. The molecule has 2 atom stereocenters. The topological polar surface area (TPSA) is 61.2 Å². The van der Waals surface area contributed by atoms with E-state index in [1.165, 1.54) is 6.20 Å². The first kappa shape index (κ1) is 13.3. The Labute approximate surface area is 113 Å². The molecule has 1 aromatic heterocycles. The Kier molecular flexibility index (Phi) is 3.85. The van der Waals surface area contributed by atoms with Gasteiger partial charge in [0.15, 0.2) is 0 Å². The quantitative estimate of drug-likeness (QED) is 0.620. The average Bonchev–Trinajstić information content (AvgIpc) is 2.34. The van der Waals surface area contributed by atoms with Crippen LogP contribution in [0.3, 0.4) is 0 Å². The molecule has 1 aliphatic heterocycles. The summed E-state index contributed by atoms with van der Waals surface area (Å²) in [5, 5.41) is 0. The van der Waals surface area contributed by atoms with Gasteiger partial charge in [-0.3, -0.25) is 9.36 Å². The lowest BCUT2D eigenvalue weighted by atomic mass is 10.1. The van der Waals surface area contributed by atoms with Gasteiger partial charge >= 0.3 is 5.97 Å². The first-order valence-electron chi connectivity index (χ1n) is 5.98. The second-order valence-corrected chi connectivity index (χ2v) is 5.42. The molecule has 6 heteroatoms. The first-order valence-corrected chi connectivity index (χ1v) is 6.90. The summed E-state index contributed by atoms with van der Waals surface area (Å²) in [5.41, 5.74) is -0.302. The van der Waals surface area contributed by atoms with Gasteiger partial charge in [-0.2, -0.15) is 0 Å². The summed E-state index contributed by atoms with van der Waals surface area (Å²) < 4.78 is 6.45. The molecule has 1 aromatic rings. The van der Waals surface area contributed by atoms with Crippen molar-refractivity contribution in [3.05, 3.63) is 27.9 Å². The highest BCUT2D eigenvalue weighted by atomic mass is 79.9. The SMILES string of the molecule is CCOC(=O)c1cnc2n(c1=O)C(C)CCC2Br. The first-order chi connectivity index (χ1) is 8.56. The largest absolute Gasteiger partial charge is 0.462 e. The van der Waals surface area contributed by atoms with E-state index >= 15 is 0 Å². The van der Waals surface area contributed by atoms with Crippen LogP contribution in [0.15, 0.2) is 11.0 Å². The molecule has 0 amide bonds. The van der Waals surface area contributed by atoms with Gasteiger partial charge in [0.2, 0.25) is 0 Å². The molecule has 18 heavy (non-hydrogen) atoms. The summed E-state index contributed by atoms with van der Waals surface area (Å²) in [5.74, 6) is 0.0843.